The van der Waals surface area contributed by atoms with Gasteiger partial charge in [-0.25, -0.2) is 9.97 Å². The van der Waals surface area contributed by atoms with E-state index >= 15 is 0 Å². The monoisotopic (exact) mass is 314 g/mol. The van der Waals surface area contributed by atoms with Crippen molar-refractivity contribution >= 4 is 0 Å². The van der Waals surface area contributed by atoms with Crippen molar-refractivity contribution in [3.8, 4) is 0 Å². The summed E-state index contributed by atoms with van der Waals surface area (Å²) in [5.74, 6) is 1.60. The van der Waals surface area contributed by atoms with Gasteiger partial charge in [0.1, 0.15) is 6.33 Å². The second-order valence-electron chi connectivity index (χ2n) is 7.29. The number of aryl methyl sites for hydroxylation is 1. The number of aromatic nitrogens is 4. The van der Waals surface area contributed by atoms with Crippen LogP contribution in [0.5, 0.6) is 0 Å². The summed E-state index contributed by atoms with van der Waals surface area (Å²) in [4.78, 5) is 8.85. The molecule has 4 heteroatoms. The first-order valence-electron chi connectivity index (χ1n) is 8.80. The molecule has 0 aliphatic carbocycles. The summed E-state index contributed by atoms with van der Waals surface area (Å²) < 4.78 is 0. The normalized spacial score (nSPS) is 13.0. The standard InChI is InChI=1S/C19H30N4/c1-13(2)9-17-11-19(21-12-20-17)15(5)7-6-8-16-10-18(14(3)4)23-22-16/h10-15H,6-9H2,1-5H3,(H,22,23)/t15-/m1/s1. The average molecular weight is 314 g/mol. The molecule has 0 saturated heterocycles. The quantitative estimate of drug-likeness (QED) is 0.771. The first kappa shape index (κ1) is 17.6. The molecule has 2 aromatic heterocycles. The smallest absolute Gasteiger partial charge is 0.115 e. The highest BCUT2D eigenvalue weighted by Gasteiger charge is 2.10. The van der Waals surface area contributed by atoms with Crippen LogP contribution in [0.25, 0.3) is 0 Å². The first-order chi connectivity index (χ1) is 11.0. The van der Waals surface area contributed by atoms with Crippen LogP contribution in [0.15, 0.2) is 18.5 Å². The summed E-state index contributed by atoms with van der Waals surface area (Å²) in [5.41, 5.74) is 4.72. The molecule has 0 aliphatic rings. The molecule has 1 atom stereocenters. The third-order valence-corrected chi connectivity index (χ3v) is 4.21. The SMILES string of the molecule is CC(C)Cc1cc([C@H](C)CCCc2cc(C(C)C)[nH]n2)ncn1. The van der Waals surface area contributed by atoms with Crippen LogP contribution in [0.4, 0.5) is 0 Å². The molecule has 1 N–H and O–H groups in total. The Balaban J connectivity index is 1.85. The van der Waals surface area contributed by atoms with Crippen molar-refractivity contribution in [3.05, 3.63) is 41.2 Å². The van der Waals surface area contributed by atoms with Crippen LogP contribution in [-0.2, 0) is 12.8 Å². The van der Waals surface area contributed by atoms with Crippen molar-refractivity contribution in [2.24, 2.45) is 5.92 Å². The molecule has 0 fully saturated rings. The Morgan fingerprint density at radius 2 is 1.78 bits per heavy atom. The van der Waals surface area contributed by atoms with E-state index in [9.17, 15) is 0 Å². The molecule has 126 valence electrons. The van der Waals surface area contributed by atoms with E-state index in [-0.39, 0.29) is 0 Å². The second-order valence-corrected chi connectivity index (χ2v) is 7.29. The Morgan fingerprint density at radius 1 is 1.00 bits per heavy atom. The predicted molar refractivity (Wildman–Crippen MR) is 94.6 cm³/mol. The van der Waals surface area contributed by atoms with Crippen LogP contribution in [0.1, 0.15) is 82.1 Å². The maximum atomic E-state index is 4.47. The van der Waals surface area contributed by atoms with Gasteiger partial charge in [-0.2, -0.15) is 5.10 Å². The van der Waals surface area contributed by atoms with Gasteiger partial charge < -0.3 is 0 Å². The molecular formula is C19H30N4. The van der Waals surface area contributed by atoms with Gasteiger partial charge in [-0.3, -0.25) is 5.10 Å². The molecule has 0 bridgehead atoms. The maximum Gasteiger partial charge on any atom is 0.115 e. The van der Waals surface area contributed by atoms with Crippen molar-refractivity contribution < 1.29 is 0 Å². The number of hydrogen-bond acceptors (Lipinski definition) is 3. The van der Waals surface area contributed by atoms with Gasteiger partial charge in [0.25, 0.3) is 0 Å². The van der Waals surface area contributed by atoms with Gasteiger partial charge in [-0.15, -0.1) is 0 Å². The molecule has 2 aromatic rings. The van der Waals surface area contributed by atoms with E-state index in [1.807, 2.05) is 0 Å². The Hall–Kier alpha value is -1.71. The first-order valence-corrected chi connectivity index (χ1v) is 8.80. The van der Waals surface area contributed by atoms with Crippen molar-refractivity contribution in [3.63, 3.8) is 0 Å². The zero-order valence-corrected chi connectivity index (χ0v) is 15.1. The average Bonchev–Trinajstić information content (AvgIpc) is 2.96. The number of hydrogen-bond donors (Lipinski definition) is 1. The third kappa shape index (κ3) is 5.45. The van der Waals surface area contributed by atoms with Gasteiger partial charge >= 0.3 is 0 Å². The van der Waals surface area contributed by atoms with Crippen molar-refractivity contribution in [1.29, 1.82) is 0 Å². The van der Waals surface area contributed by atoms with Crippen molar-refractivity contribution in [2.45, 2.75) is 72.1 Å². The van der Waals surface area contributed by atoms with Gasteiger partial charge in [0, 0.05) is 17.1 Å². The number of nitrogens with one attached hydrogen (secondary N) is 1. The summed E-state index contributed by atoms with van der Waals surface area (Å²) >= 11 is 0. The summed E-state index contributed by atoms with van der Waals surface area (Å²) in [6.45, 7) is 11.1. The fourth-order valence-electron chi connectivity index (χ4n) is 2.76. The molecule has 2 heterocycles. The molecule has 2 rings (SSSR count). The molecule has 0 saturated carbocycles. The molecule has 23 heavy (non-hydrogen) atoms. The van der Waals surface area contributed by atoms with E-state index < -0.39 is 0 Å². The highest BCUT2D eigenvalue weighted by molar-refractivity contribution is 5.14. The van der Waals surface area contributed by atoms with Crippen molar-refractivity contribution in [2.75, 3.05) is 0 Å². The fourth-order valence-corrected chi connectivity index (χ4v) is 2.76. The number of H-pyrrole nitrogens is 1. The van der Waals surface area contributed by atoms with Crippen LogP contribution >= 0.6 is 0 Å². The van der Waals surface area contributed by atoms with Gasteiger partial charge in [-0.1, -0.05) is 34.6 Å². The Morgan fingerprint density at radius 3 is 2.43 bits per heavy atom. The van der Waals surface area contributed by atoms with Crippen LogP contribution in [0.2, 0.25) is 0 Å². The zero-order chi connectivity index (χ0) is 16.8. The minimum Gasteiger partial charge on any atom is -0.282 e. The third-order valence-electron chi connectivity index (χ3n) is 4.21. The second kappa shape index (κ2) is 8.23. The van der Waals surface area contributed by atoms with Crippen LogP contribution < -0.4 is 0 Å². The van der Waals surface area contributed by atoms with Crippen LogP contribution in [0, 0.1) is 5.92 Å². The topological polar surface area (TPSA) is 54.5 Å². The zero-order valence-electron chi connectivity index (χ0n) is 15.1. The van der Waals surface area contributed by atoms with Crippen molar-refractivity contribution in [1.82, 2.24) is 20.2 Å². The molecule has 0 spiro atoms. The molecule has 0 amide bonds. The van der Waals surface area contributed by atoms with E-state index in [0.717, 1.165) is 31.4 Å². The highest BCUT2D eigenvalue weighted by Crippen LogP contribution is 2.21. The molecule has 0 aromatic carbocycles. The highest BCUT2D eigenvalue weighted by atomic mass is 15.1. The molecule has 0 unspecified atom stereocenters. The van der Waals surface area contributed by atoms with Gasteiger partial charge in [0.2, 0.25) is 0 Å². The van der Waals surface area contributed by atoms with E-state index in [0.29, 0.717) is 17.8 Å². The summed E-state index contributed by atoms with van der Waals surface area (Å²) in [7, 11) is 0. The van der Waals surface area contributed by atoms with E-state index in [4.69, 9.17) is 0 Å². The van der Waals surface area contributed by atoms with E-state index in [1.54, 1.807) is 6.33 Å². The Bertz CT molecular complexity index is 601. The minimum atomic E-state index is 0.465. The lowest BCUT2D eigenvalue weighted by Crippen LogP contribution is -2.03. The Kier molecular flexibility index (Phi) is 6.31. The Labute approximate surface area is 140 Å². The number of rotatable bonds is 8. The number of nitrogens with zero attached hydrogens (tertiary/aromatic N) is 3. The largest absolute Gasteiger partial charge is 0.282 e. The van der Waals surface area contributed by atoms with E-state index in [2.05, 4.69) is 66.9 Å². The number of aromatic amines is 1. The van der Waals surface area contributed by atoms with E-state index in [1.165, 1.54) is 17.1 Å². The lowest BCUT2D eigenvalue weighted by Gasteiger charge is -2.12. The minimum absolute atomic E-state index is 0.465. The summed E-state index contributed by atoms with van der Waals surface area (Å²) in [6.07, 6.45) is 6.02. The lowest BCUT2D eigenvalue weighted by molar-refractivity contribution is 0.602. The maximum absolute atomic E-state index is 4.47. The molecule has 4 nitrogen and oxygen atoms in total. The van der Waals surface area contributed by atoms with Gasteiger partial charge in [0.05, 0.1) is 5.69 Å². The summed E-state index contributed by atoms with van der Waals surface area (Å²) in [6, 6.07) is 4.37. The van der Waals surface area contributed by atoms with Gasteiger partial charge in [-0.05, 0) is 55.6 Å². The molecule has 0 radical (unpaired) electrons. The summed E-state index contributed by atoms with van der Waals surface area (Å²) in [5, 5.41) is 7.53. The molecular weight excluding hydrogens is 284 g/mol. The predicted octanol–water partition coefficient (Wildman–Crippen LogP) is 4.65. The molecule has 0 aliphatic heterocycles. The fraction of sp³-hybridized carbons (Fsp3) is 0.632. The lowest BCUT2D eigenvalue weighted by atomic mass is 9.98. The van der Waals surface area contributed by atoms with Crippen LogP contribution in [0.3, 0.4) is 0 Å². The van der Waals surface area contributed by atoms with Crippen LogP contribution in [-0.4, -0.2) is 20.2 Å². The van der Waals surface area contributed by atoms with Gasteiger partial charge in [0.15, 0.2) is 0 Å².